The standard InChI is InChI=1S/C17H20FNO2/c1-20-17-11-14(15(19)9-10-18)7-8-16(17)21-12-13-5-3-2-4-6-13/h2-8,11,15H,9-10,12,19H2,1H3/t15-/m0/s1. The zero-order chi connectivity index (χ0) is 15.1. The Morgan fingerprint density at radius 1 is 1.10 bits per heavy atom. The summed E-state index contributed by atoms with van der Waals surface area (Å²) in [6.45, 7) is 0.0306. The summed E-state index contributed by atoms with van der Waals surface area (Å²) in [6.07, 6.45) is 0.299. The third-order valence-corrected chi connectivity index (χ3v) is 3.27. The highest BCUT2D eigenvalue weighted by Gasteiger charge is 2.11. The van der Waals surface area contributed by atoms with E-state index in [1.807, 2.05) is 42.5 Å². The van der Waals surface area contributed by atoms with Crippen LogP contribution in [0.3, 0.4) is 0 Å². The first-order valence-corrected chi connectivity index (χ1v) is 6.90. The fourth-order valence-electron chi connectivity index (χ4n) is 2.05. The van der Waals surface area contributed by atoms with Gasteiger partial charge in [-0.25, -0.2) is 0 Å². The largest absolute Gasteiger partial charge is 0.493 e. The Bertz CT molecular complexity index is 560. The van der Waals surface area contributed by atoms with Crippen LogP contribution in [0.1, 0.15) is 23.6 Å². The van der Waals surface area contributed by atoms with Crippen LogP contribution in [-0.4, -0.2) is 13.8 Å². The maximum atomic E-state index is 12.4. The van der Waals surface area contributed by atoms with Gasteiger partial charge in [-0.1, -0.05) is 36.4 Å². The van der Waals surface area contributed by atoms with Crippen molar-refractivity contribution in [2.45, 2.75) is 19.1 Å². The Kier molecular flexibility index (Phi) is 5.58. The van der Waals surface area contributed by atoms with Crippen molar-refractivity contribution in [2.75, 3.05) is 13.8 Å². The van der Waals surface area contributed by atoms with Crippen LogP contribution in [0.15, 0.2) is 48.5 Å². The van der Waals surface area contributed by atoms with Crippen LogP contribution in [0.4, 0.5) is 4.39 Å². The molecule has 112 valence electrons. The summed E-state index contributed by atoms with van der Waals surface area (Å²) < 4.78 is 23.5. The summed E-state index contributed by atoms with van der Waals surface area (Å²) in [6, 6.07) is 15.0. The van der Waals surface area contributed by atoms with E-state index in [1.165, 1.54) is 0 Å². The van der Waals surface area contributed by atoms with Crippen molar-refractivity contribution in [3.05, 3.63) is 59.7 Å². The lowest BCUT2D eigenvalue weighted by atomic mass is 10.0. The molecule has 2 aromatic carbocycles. The van der Waals surface area contributed by atoms with E-state index in [-0.39, 0.29) is 6.04 Å². The number of alkyl halides is 1. The van der Waals surface area contributed by atoms with Gasteiger partial charge in [0, 0.05) is 6.04 Å². The molecule has 0 aliphatic carbocycles. The minimum Gasteiger partial charge on any atom is -0.493 e. The number of ether oxygens (including phenoxy) is 2. The second-order valence-corrected chi connectivity index (χ2v) is 4.77. The maximum absolute atomic E-state index is 12.4. The van der Waals surface area contributed by atoms with Gasteiger partial charge in [0.15, 0.2) is 11.5 Å². The van der Waals surface area contributed by atoms with Gasteiger partial charge in [0.2, 0.25) is 0 Å². The lowest BCUT2D eigenvalue weighted by molar-refractivity contribution is 0.284. The zero-order valence-corrected chi connectivity index (χ0v) is 12.1. The predicted molar refractivity (Wildman–Crippen MR) is 81.3 cm³/mol. The molecule has 1 atom stereocenters. The minimum atomic E-state index is -0.435. The molecule has 0 saturated carbocycles. The van der Waals surface area contributed by atoms with Gasteiger partial charge in [0.1, 0.15) is 6.61 Å². The SMILES string of the molecule is COc1cc([C@@H](N)CCF)ccc1OCc1ccccc1. The van der Waals surface area contributed by atoms with E-state index < -0.39 is 6.67 Å². The van der Waals surface area contributed by atoms with Crippen LogP contribution < -0.4 is 15.2 Å². The summed E-state index contributed by atoms with van der Waals surface area (Å²) in [7, 11) is 1.58. The first-order valence-electron chi connectivity index (χ1n) is 6.90. The van der Waals surface area contributed by atoms with Gasteiger partial charge in [-0.05, 0) is 29.7 Å². The van der Waals surface area contributed by atoms with Crippen LogP contribution in [-0.2, 0) is 6.61 Å². The molecule has 0 heterocycles. The molecule has 0 saturated heterocycles. The summed E-state index contributed by atoms with van der Waals surface area (Å²) in [5.41, 5.74) is 7.83. The van der Waals surface area contributed by atoms with Crippen molar-refractivity contribution in [2.24, 2.45) is 5.73 Å². The molecule has 0 spiro atoms. The highest BCUT2D eigenvalue weighted by molar-refractivity contribution is 5.44. The van der Waals surface area contributed by atoms with E-state index in [2.05, 4.69) is 0 Å². The number of benzene rings is 2. The molecule has 2 rings (SSSR count). The van der Waals surface area contributed by atoms with E-state index >= 15 is 0 Å². The number of rotatable bonds is 7. The fourth-order valence-corrected chi connectivity index (χ4v) is 2.05. The molecule has 0 unspecified atom stereocenters. The molecular formula is C17H20FNO2. The number of nitrogens with two attached hydrogens (primary N) is 1. The van der Waals surface area contributed by atoms with Gasteiger partial charge in [0.05, 0.1) is 13.8 Å². The Labute approximate surface area is 124 Å². The van der Waals surface area contributed by atoms with Crippen molar-refractivity contribution >= 4 is 0 Å². The van der Waals surface area contributed by atoms with Crippen LogP contribution >= 0.6 is 0 Å². The van der Waals surface area contributed by atoms with Crippen molar-refractivity contribution < 1.29 is 13.9 Å². The highest BCUT2D eigenvalue weighted by atomic mass is 19.1. The van der Waals surface area contributed by atoms with E-state index in [1.54, 1.807) is 13.2 Å². The lowest BCUT2D eigenvalue weighted by Crippen LogP contribution is -2.11. The van der Waals surface area contributed by atoms with Gasteiger partial charge in [-0.2, -0.15) is 0 Å². The van der Waals surface area contributed by atoms with Crippen LogP contribution in [0.5, 0.6) is 11.5 Å². The van der Waals surface area contributed by atoms with Gasteiger partial charge in [-0.3, -0.25) is 4.39 Å². The molecule has 0 bridgehead atoms. The van der Waals surface area contributed by atoms with E-state index in [0.29, 0.717) is 24.5 Å². The smallest absolute Gasteiger partial charge is 0.161 e. The van der Waals surface area contributed by atoms with E-state index in [9.17, 15) is 4.39 Å². The molecular weight excluding hydrogens is 269 g/mol. The number of halogens is 1. The molecule has 21 heavy (non-hydrogen) atoms. The topological polar surface area (TPSA) is 44.5 Å². The summed E-state index contributed by atoms with van der Waals surface area (Å²) in [5.74, 6) is 1.26. The molecule has 0 radical (unpaired) electrons. The molecule has 0 fully saturated rings. The Balaban J connectivity index is 2.09. The highest BCUT2D eigenvalue weighted by Crippen LogP contribution is 2.31. The van der Waals surface area contributed by atoms with Crippen LogP contribution in [0.25, 0.3) is 0 Å². The Morgan fingerprint density at radius 2 is 1.86 bits per heavy atom. The molecule has 0 aromatic heterocycles. The molecule has 0 amide bonds. The zero-order valence-electron chi connectivity index (χ0n) is 12.1. The van der Waals surface area contributed by atoms with Gasteiger partial charge in [-0.15, -0.1) is 0 Å². The average Bonchev–Trinajstić information content (AvgIpc) is 2.54. The monoisotopic (exact) mass is 289 g/mol. The first-order chi connectivity index (χ1) is 10.2. The van der Waals surface area contributed by atoms with Crippen molar-refractivity contribution in [1.82, 2.24) is 0 Å². The molecule has 2 aromatic rings. The Hall–Kier alpha value is -2.07. The third-order valence-electron chi connectivity index (χ3n) is 3.27. The van der Waals surface area contributed by atoms with E-state index in [4.69, 9.17) is 15.2 Å². The van der Waals surface area contributed by atoms with Crippen molar-refractivity contribution in [3.8, 4) is 11.5 Å². The lowest BCUT2D eigenvalue weighted by Gasteiger charge is -2.15. The summed E-state index contributed by atoms with van der Waals surface area (Å²) in [4.78, 5) is 0. The summed E-state index contributed by atoms with van der Waals surface area (Å²) in [5, 5.41) is 0. The van der Waals surface area contributed by atoms with Gasteiger partial charge < -0.3 is 15.2 Å². The molecule has 3 nitrogen and oxygen atoms in total. The summed E-state index contributed by atoms with van der Waals surface area (Å²) >= 11 is 0. The molecule has 0 aliphatic heterocycles. The second kappa shape index (κ2) is 7.64. The molecule has 2 N–H and O–H groups in total. The number of hydrogen-bond acceptors (Lipinski definition) is 3. The predicted octanol–water partition coefficient (Wildman–Crippen LogP) is 3.63. The quantitative estimate of drug-likeness (QED) is 0.846. The Morgan fingerprint density at radius 3 is 2.52 bits per heavy atom. The van der Waals surface area contributed by atoms with Gasteiger partial charge in [0.25, 0.3) is 0 Å². The first kappa shape index (κ1) is 15.3. The van der Waals surface area contributed by atoms with Crippen molar-refractivity contribution in [3.63, 3.8) is 0 Å². The molecule has 0 aliphatic rings. The van der Waals surface area contributed by atoms with Gasteiger partial charge >= 0.3 is 0 Å². The van der Waals surface area contributed by atoms with Crippen molar-refractivity contribution in [1.29, 1.82) is 0 Å². The maximum Gasteiger partial charge on any atom is 0.161 e. The number of methoxy groups -OCH3 is 1. The van der Waals surface area contributed by atoms with Crippen LogP contribution in [0, 0.1) is 0 Å². The average molecular weight is 289 g/mol. The molecule has 4 heteroatoms. The fraction of sp³-hybridized carbons (Fsp3) is 0.294. The van der Waals surface area contributed by atoms with E-state index in [0.717, 1.165) is 11.1 Å². The minimum absolute atomic E-state index is 0.299. The number of hydrogen-bond donors (Lipinski definition) is 1. The van der Waals surface area contributed by atoms with Crippen LogP contribution in [0.2, 0.25) is 0 Å². The third kappa shape index (κ3) is 4.20. The normalized spacial score (nSPS) is 12.0. The second-order valence-electron chi connectivity index (χ2n) is 4.77.